The van der Waals surface area contributed by atoms with Gasteiger partial charge in [-0.05, 0) is 55.7 Å². The first-order chi connectivity index (χ1) is 11.0. The molecule has 0 saturated heterocycles. The lowest BCUT2D eigenvalue weighted by Gasteiger charge is -2.19. The number of hydrogen-bond donors (Lipinski definition) is 2. The molecular formula is C20H29NO2. The zero-order chi connectivity index (χ0) is 17.4. The van der Waals surface area contributed by atoms with Crippen molar-refractivity contribution >= 4 is 11.3 Å². The van der Waals surface area contributed by atoms with Crippen molar-refractivity contribution in [2.45, 2.75) is 46.8 Å². The summed E-state index contributed by atoms with van der Waals surface area (Å²) in [6.45, 7) is 14.6. The predicted molar refractivity (Wildman–Crippen MR) is 99.4 cm³/mol. The van der Waals surface area contributed by atoms with Crippen LogP contribution in [0.4, 0.5) is 5.69 Å². The van der Waals surface area contributed by atoms with Crippen LogP contribution in [0.5, 0.6) is 0 Å². The summed E-state index contributed by atoms with van der Waals surface area (Å²) in [5.41, 5.74) is 4.73. The van der Waals surface area contributed by atoms with Crippen LogP contribution in [-0.2, 0) is 4.74 Å². The monoisotopic (exact) mass is 315 g/mol. The van der Waals surface area contributed by atoms with Crippen molar-refractivity contribution in [2.24, 2.45) is 0 Å². The van der Waals surface area contributed by atoms with Gasteiger partial charge in [0, 0.05) is 17.9 Å². The average molecular weight is 315 g/mol. The van der Waals surface area contributed by atoms with Crippen LogP contribution in [0, 0.1) is 0 Å². The van der Waals surface area contributed by atoms with Gasteiger partial charge in [-0.25, -0.2) is 0 Å². The number of hydrogen-bond acceptors (Lipinski definition) is 3. The lowest BCUT2D eigenvalue weighted by Crippen LogP contribution is -2.15. The molecule has 1 rings (SSSR count). The summed E-state index contributed by atoms with van der Waals surface area (Å²) in [6.07, 6.45) is 4.77. The van der Waals surface area contributed by atoms with Crippen molar-refractivity contribution in [1.29, 1.82) is 0 Å². The van der Waals surface area contributed by atoms with Crippen LogP contribution in [0.3, 0.4) is 0 Å². The molecule has 1 unspecified atom stereocenters. The van der Waals surface area contributed by atoms with Crippen LogP contribution in [0.1, 0.15) is 51.7 Å². The standard InChI is InChI=1S/C20H29NO2/c1-7-12-21-19-13-16(10-11-18(19)14(4)5)15(6)17(8-2)20(22)23-9-3/h7-8,10-14,20-22H,6,9H2,1-5H3/b12-7-,17-8+. The predicted octanol–water partition coefficient (Wildman–Crippen LogP) is 5.07. The van der Waals surface area contributed by atoms with Gasteiger partial charge in [-0.1, -0.05) is 44.7 Å². The molecule has 23 heavy (non-hydrogen) atoms. The molecule has 1 aromatic rings. The zero-order valence-corrected chi connectivity index (χ0v) is 14.9. The number of aliphatic hydroxyl groups is 1. The molecule has 3 nitrogen and oxygen atoms in total. The number of aliphatic hydroxyl groups excluding tert-OH is 1. The molecule has 0 aliphatic rings. The average Bonchev–Trinajstić information content (AvgIpc) is 2.53. The van der Waals surface area contributed by atoms with Gasteiger partial charge < -0.3 is 15.2 Å². The second kappa shape index (κ2) is 9.33. The lowest BCUT2D eigenvalue weighted by molar-refractivity contribution is -0.0639. The molecule has 0 aromatic heterocycles. The van der Waals surface area contributed by atoms with Crippen molar-refractivity contribution in [1.82, 2.24) is 0 Å². The summed E-state index contributed by atoms with van der Waals surface area (Å²) in [7, 11) is 0. The van der Waals surface area contributed by atoms with Crippen molar-refractivity contribution in [3.05, 3.63) is 59.8 Å². The Morgan fingerprint density at radius 3 is 2.57 bits per heavy atom. The van der Waals surface area contributed by atoms with Crippen molar-refractivity contribution in [3.63, 3.8) is 0 Å². The van der Waals surface area contributed by atoms with E-state index in [4.69, 9.17) is 4.74 Å². The highest BCUT2D eigenvalue weighted by atomic mass is 16.6. The van der Waals surface area contributed by atoms with Gasteiger partial charge in [0.25, 0.3) is 0 Å². The first-order valence-corrected chi connectivity index (χ1v) is 8.13. The van der Waals surface area contributed by atoms with Crippen LogP contribution < -0.4 is 5.32 Å². The minimum Gasteiger partial charge on any atom is -0.364 e. The summed E-state index contributed by atoms with van der Waals surface area (Å²) >= 11 is 0. The molecule has 0 bridgehead atoms. The summed E-state index contributed by atoms with van der Waals surface area (Å²) in [4.78, 5) is 0. The number of benzene rings is 1. The molecule has 1 aromatic carbocycles. The molecule has 0 aliphatic heterocycles. The van der Waals surface area contributed by atoms with Gasteiger partial charge in [-0.3, -0.25) is 0 Å². The minimum absolute atomic E-state index is 0.417. The van der Waals surface area contributed by atoms with Crippen molar-refractivity contribution in [2.75, 3.05) is 11.9 Å². The minimum atomic E-state index is -0.950. The van der Waals surface area contributed by atoms with Gasteiger partial charge in [0.15, 0.2) is 6.29 Å². The normalized spacial score (nSPS) is 13.6. The van der Waals surface area contributed by atoms with E-state index in [1.165, 1.54) is 5.56 Å². The maximum atomic E-state index is 10.1. The third kappa shape index (κ3) is 5.08. The molecule has 1 atom stereocenters. The summed E-state index contributed by atoms with van der Waals surface area (Å²) in [6, 6.07) is 6.22. The highest BCUT2D eigenvalue weighted by Crippen LogP contribution is 2.31. The fourth-order valence-corrected chi connectivity index (χ4v) is 2.43. The van der Waals surface area contributed by atoms with Crippen molar-refractivity contribution < 1.29 is 9.84 Å². The van der Waals surface area contributed by atoms with E-state index >= 15 is 0 Å². The fraction of sp³-hybridized carbons (Fsp3) is 0.400. The van der Waals surface area contributed by atoms with E-state index in [2.05, 4.69) is 37.9 Å². The Hall–Kier alpha value is -1.84. The number of rotatable bonds is 8. The van der Waals surface area contributed by atoms with Crippen LogP contribution in [-0.4, -0.2) is 18.0 Å². The van der Waals surface area contributed by atoms with E-state index in [0.29, 0.717) is 18.1 Å². The number of anilines is 1. The Labute approximate surface area is 140 Å². The Morgan fingerprint density at radius 2 is 2.04 bits per heavy atom. The van der Waals surface area contributed by atoms with Gasteiger partial charge in [-0.2, -0.15) is 0 Å². The number of allylic oxidation sites excluding steroid dienone is 2. The van der Waals surface area contributed by atoms with Gasteiger partial charge in [0.1, 0.15) is 0 Å². The molecule has 126 valence electrons. The molecule has 3 heteroatoms. The quantitative estimate of drug-likeness (QED) is 0.520. The van der Waals surface area contributed by atoms with Crippen LogP contribution in [0.2, 0.25) is 0 Å². The molecule has 2 N–H and O–H groups in total. The molecule has 0 heterocycles. The number of nitrogens with one attached hydrogen (secondary N) is 1. The second-order valence-corrected chi connectivity index (χ2v) is 5.63. The maximum absolute atomic E-state index is 10.1. The Morgan fingerprint density at radius 1 is 1.35 bits per heavy atom. The number of ether oxygens (including phenoxy) is 1. The Bertz CT molecular complexity index is 585. The Balaban J connectivity index is 3.19. The zero-order valence-electron chi connectivity index (χ0n) is 14.9. The van der Waals surface area contributed by atoms with E-state index in [-0.39, 0.29) is 0 Å². The molecule has 0 fully saturated rings. The van der Waals surface area contributed by atoms with Crippen molar-refractivity contribution in [3.8, 4) is 0 Å². The molecule has 0 spiro atoms. The molecule has 0 radical (unpaired) electrons. The van der Waals surface area contributed by atoms with E-state index in [1.54, 1.807) is 0 Å². The largest absolute Gasteiger partial charge is 0.364 e. The van der Waals surface area contributed by atoms with Crippen LogP contribution in [0.25, 0.3) is 5.57 Å². The van der Waals surface area contributed by atoms with E-state index in [9.17, 15) is 5.11 Å². The SMILES string of the molecule is C=C(/C(=C\C)C(O)OCC)c1ccc(C(C)C)c(N/C=C\C)c1. The van der Waals surface area contributed by atoms with Gasteiger partial charge in [0.2, 0.25) is 0 Å². The van der Waals surface area contributed by atoms with Gasteiger partial charge in [0.05, 0.1) is 0 Å². The first-order valence-electron chi connectivity index (χ1n) is 8.13. The third-order valence-corrected chi connectivity index (χ3v) is 3.68. The maximum Gasteiger partial charge on any atom is 0.181 e. The third-order valence-electron chi connectivity index (χ3n) is 3.68. The lowest BCUT2D eigenvalue weighted by atomic mass is 9.93. The summed E-state index contributed by atoms with van der Waals surface area (Å²) in [5.74, 6) is 0.417. The summed E-state index contributed by atoms with van der Waals surface area (Å²) < 4.78 is 5.29. The van der Waals surface area contributed by atoms with Crippen LogP contribution >= 0.6 is 0 Å². The highest BCUT2D eigenvalue weighted by molar-refractivity contribution is 5.80. The van der Waals surface area contributed by atoms with Gasteiger partial charge in [-0.15, -0.1) is 0 Å². The molecule has 0 amide bonds. The van der Waals surface area contributed by atoms with Crippen LogP contribution in [0.15, 0.2) is 48.7 Å². The van der Waals surface area contributed by atoms with E-state index in [0.717, 1.165) is 16.8 Å². The molecule has 0 saturated carbocycles. The van der Waals surface area contributed by atoms with Gasteiger partial charge >= 0.3 is 0 Å². The highest BCUT2D eigenvalue weighted by Gasteiger charge is 2.16. The van der Waals surface area contributed by atoms with E-state index in [1.807, 2.05) is 45.2 Å². The second-order valence-electron chi connectivity index (χ2n) is 5.63. The fourth-order valence-electron chi connectivity index (χ4n) is 2.43. The summed E-state index contributed by atoms with van der Waals surface area (Å²) in [5, 5.41) is 13.4. The molecule has 0 aliphatic carbocycles. The smallest absolute Gasteiger partial charge is 0.181 e. The topological polar surface area (TPSA) is 41.5 Å². The Kier molecular flexibility index (Phi) is 7.79. The van der Waals surface area contributed by atoms with E-state index < -0.39 is 6.29 Å². The molecular weight excluding hydrogens is 286 g/mol. The first kappa shape index (κ1) is 19.2.